The van der Waals surface area contributed by atoms with Gasteiger partial charge in [-0.1, -0.05) is 12.1 Å². The molecule has 24 heavy (non-hydrogen) atoms. The molecule has 0 fully saturated rings. The number of amides is 1. The summed E-state index contributed by atoms with van der Waals surface area (Å²) in [6.07, 6.45) is 0. The molecule has 0 heterocycles. The monoisotopic (exact) mass is 436 g/mol. The zero-order valence-electron chi connectivity index (χ0n) is 13.7. The maximum absolute atomic E-state index is 12.7. The van der Waals surface area contributed by atoms with Gasteiger partial charge >= 0.3 is 0 Å². The van der Waals surface area contributed by atoms with E-state index < -0.39 is 0 Å². The minimum Gasteiger partial charge on any atom is -0.493 e. The Bertz CT molecular complexity index is 782. The highest BCUT2D eigenvalue weighted by Gasteiger charge is 2.19. The molecule has 0 N–H and O–H groups in total. The number of carbonyl (C=O) groups is 1. The molecule has 6 heteroatoms. The minimum atomic E-state index is -0.107. The molecule has 5 nitrogen and oxygen atoms in total. The molecule has 1 amide bonds. The molecule has 0 aliphatic heterocycles. The number of nitriles is 1. The third-order valence-electron chi connectivity index (χ3n) is 3.55. The van der Waals surface area contributed by atoms with Crippen molar-refractivity contribution >= 4 is 28.5 Å². The summed E-state index contributed by atoms with van der Waals surface area (Å²) >= 11 is 2.11. The van der Waals surface area contributed by atoms with Crippen molar-refractivity contribution in [3.05, 3.63) is 56.7 Å². The molecule has 0 radical (unpaired) electrons. The molecule has 2 rings (SSSR count). The maximum Gasteiger partial charge on any atom is 0.255 e. The van der Waals surface area contributed by atoms with Crippen molar-refractivity contribution in [1.29, 1.82) is 5.26 Å². The molecule has 0 saturated carbocycles. The molecule has 0 spiro atoms. The average molecular weight is 436 g/mol. The Labute approximate surface area is 154 Å². The minimum absolute atomic E-state index is 0.107. The Morgan fingerprint density at radius 2 is 1.75 bits per heavy atom. The van der Waals surface area contributed by atoms with Crippen LogP contribution in [0.2, 0.25) is 0 Å². The van der Waals surface area contributed by atoms with Gasteiger partial charge in [0.1, 0.15) is 0 Å². The summed E-state index contributed by atoms with van der Waals surface area (Å²) in [4.78, 5) is 14.4. The second-order valence-electron chi connectivity index (χ2n) is 5.16. The number of benzene rings is 2. The Kier molecular flexibility index (Phi) is 6.04. The van der Waals surface area contributed by atoms with E-state index in [-0.39, 0.29) is 5.91 Å². The number of methoxy groups -OCH3 is 2. The van der Waals surface area contributed by atoms with Gasteiger partial charge in [-0.2, -0.15) is 5.26 Å². The zero-order valence-corrected chi connectivity index (χ0v) is 15.8. The number of nitrogens with zero attached hydrogens (tertiary/aromatic N) is 2. The standard InChI is InChI=1S/C18H17IN2O3/c1-21(11-13-6-4-12(10-20)5-7-13)18(22)14-8-16(23-2)17(24-3)9-15(14)19/h4-9H,11H2,1-3H3. The van der Waals surface area contributed by atoms with Gasteiger partial charge in [0.2, 0.25) is 0 Å². The van der Waals surface area contributed by atoms with Crippen LogP contribution in [-0.2, 0) is 6.54 Å². The summed E-state index contributed by atoms with van der Waals surface area (Å²) in [6, 6.07) is 12.7. The molecule has 0 aliphatic rings. The van der Waals surface area contributed by atoms with E-state index in [0.29, 0.717) is 29.2 Å². The van der Waals surface area contributed by atoms with Crippen molar-refractivity contribution in [2.75, 3.05) is 21.3 Å². The van der Waals surface area contributed by atoms with Gasteiger partial charge in [-0.05, 0) is 52.4 Å². The van der Waals surface area contributed by atoms with E-state index in [0.717, 1.165) is 9.13 Å². The van der Waals surface area contributed by atoms with Crippen LogP contribution in [0.15, 0.2) is 36.4 Å². The lowest BCUT2D eigenvalue weighted by atomic mass is 10.1. The highest BCUT2D eigenvalue weighted by Crippen LogP contribution is 2.32. The van der Waals surface area contributed by atoms with Crippen LogP contribution in [-0.4, -0.2) is 32.1 Å². The number of carbonyl (C=O) groups excluding carboxylic acids is 1. The van der Waals surface area contributed by atoms with Gasteiger partial charge in [-0.25, -0.2) is 0 Å². The third-order valence-corrected chi connectivity index (χ3v) is 4.45. The van der Waals surface area contributed by atoms with E-state index in [9.17, 15) is 4.79 Å². The van der Waals surface area contributed by atoms with E-state index in [4.69, 9.17) is 14.7 Å². The molecule has 124 valence electrons. The second-order valence-corrected chi connectivity index (χ2v) is 6.32. The molecular weight excluding hydrogens is 419 g/mol. The summed E-state index contributed by atoms with van der Waals surface area (Å²) in [7, 11) is 4.85. The first kappa shape index (κ1) is 18.1. The first-order chi connectivity index (χ1) is 11.5. The lowest BCUT2D eigenvalue weighted by Gasteiger charge is -2.19. The summed E-state index contributed by atoms with van der Waals surface area (Å²) < 4.78 is 11.3. The van der Waals surface area contributed by atoms with Crippen LogP contribution in [0.25, 0.3) is 0 Å². The van der Waals surface area contributed by atoms with Crippen LogP contribution in [0.4, 0.5) is 0 Å². The molecule has 0 aromatic heterocycles. The smallest absolute Gasteiger partial charge is 0.255 e. The van der Waals surface area contributed by atoms with Crippen molar-refractivity contribution in [2.45, 2.75) is 6.54 Å². The normalized spacial score (nSPS) is 9.96. The summed E-state index contributed by atoms with van der Waals surface area (Å²) in [5.41, 5.74) is 2.12. The SMILES string of the molecule is COc1cc(I)c(C(=O)N(C)Cc2ccc(C#N)cc2)cc1OC. The number of halogens is 1. The highest BCUT2D eigenvalue weighted by atomic mass is 127. The average Bonchev–Trinajstić information content (AvgIpc) is 2.61. The van der Waals surface area contributed by atoms with Gasteiger partial charge in [-0.3, -0.25) is 4.79 Å². The first-order valence-electron chi connectivity index (χ1n) is 7.16. The fraction of sp³-hybridized carbons (Fsp3) is 0.222. The van der Waals surface area contributed by atoms with Crippen molar-refractivity contribution in [1.82, 2.24) is 4.90 Å². The number of ether oxygens (including phenoxy) is 2. The fourth-order valence-corrected chi connectivity index (χ4v) is 2.92. The Balaban J connectivity index is 2.22. The Hall–Kier alpha value is -2.27. The van der Waals surface area contributed by atoms with Crippen LogP contribution >= 0.6 is 22.6 Å². The van der Waals surface area contributed by atoms with Gasteiger partial charge in [0.15, 0.2) is 11.5 Å². The maximum atomic E-state index is 12.7. The van der Waals surface area contributed by atoms with E-state index in [1.54, 1.807) is 50.4 Å². The van der Waals surface area contributed by atoms with Gasteiger partial charge in [-0.15, -0.1) is 0 Å². The lowest BCUT2D eigenvalue weighted by molar-refractivity contribution is 0.0783. The summed E-state index contributed by atoms with van der Waals surface area (Å²) in [5, 5.41) is 8.83. The Morgan fingerprint density at radius 1 is 1.17 bits per heavy atom. The molecule has 0 saturated heterocycles. The fourth-order valence-electron chi connectivity index (χ4n) is 2.25. The van der Waals surface area contributed by atoms with Gasteiger partial charge in [0, 0.05) is 17.2 Å². The number of hydrogen-bond donors (Lipinski definition) is 0. The molecule has 0 atom stereocenters. The van der Waals surface area contributed by atoms with E-state index in [1.165, 1.54) is 0 Å². The van der Waals surface area contributed by atoms with Crippen LogP contribution in [0.5, 0.6) is 11.5 Å². The number of hydrogen-bond acceptors (Lipinski definition) is 4. The van der Waals surface area contributed by atoms with Crippen molar-refractivity contribution < 1.29 is 14.3 Å². The molecule has 0 unspecified atom stereocenters. The molecule has 0 aliphatic carbocycles. The molecule has 0 bridgehead atoms. The Morgan fingerprint density at radius 3 is 2.29 bits per heavy atom. The molecular formula is C18H17IN2O3. The predicted molar refractivity (Wildman–Crippen MR) is 99.2 cm³/mol. The zero-order chi connectivity index (χ0) is 17.7. The van der Waals surface area contributed by atoms with Crippen molar-refractivity contribution in [3.63, 3.8) is 0 Å². The van der Waals surface area contributed by atoms with Gasteiger partial charge in [0.25, 0.3) is 5.91 Å². The molecule has 2 aromatic carbocycles. The highest BCUT2D eigenvalue weighted by molar-refractivity contribution is 14.1. The predicted octanol–water partition coefficient (Wildman–Crippen LogP) is 3.45. The van der Waals surface area contributed by atoms with Crippen LogP contribution < -0.4 is 9.47 Å². The van der Waals surface area contributed by atoms with Crippen LogP contribution in [0.1, 0.15) is 21.5 Å². The van der Waals surface area contributed by atoms with Gasteiger partial charge in [0.05, 0.1) is 31.4 Å². The van der Waals surface area contributed by atoms with E-state index >= 15 is 0 Å². The topological polar surface area (TPSA) is 62.6 Å². The van der Waals surface area contributed by atoms with Crippen LogP contribution in [0.3, 0.4) is 0 Å². The van der Waals surface area contributed by atoms with Gasteiger partial charge < -0.3 is 14.4 Å². The first-order valence-corrected chi connectivity index (χ1v) is 8.24. The van der Waals surface area contributed by atoms with E-state index in [2.05, 4.69) is 28.7 Å². The summed E-state index contributed by atoms with van der Waals surface area (Å²) in [5.74, 6) is 1.01. The largest absolute Gasteiger partial charge is 0.493 e. The van der Waals surface area contributed by atoms with Crippen LogP contribution in [0, 0.1) is 14.9 Å². The number of rotatable bonds is 5. The van der Waals surface area contributed by atoms with E-state index in [1.807, 2.05) is 12.1 Å². The van der Waals surface area contributed by atoms with Crippen molar-refractivity contribution in [2.24, 2.45) is 0 Å². The quantitative estimate of drug-likeness (QED) is 0.674. The van der Waals surface area contributed by atoms with Crippen molar-refractivity contribution in [3.8, 4) is 17.6 Å². The second kappa shape index (κ2) is 8.02. The lowest BCUT2D eigenvalue weighted by Crippen LogP contribution is -2.27. The third kappa shape index (κ3) is 3.97. The summed E-state index contributed by atoms with van der Waals surface area (Å²) in [6.45, 7) is 0.453. The molecule has 2 aromatic rings.